The second-order valence-electron chi connectivity index (χ2n) is 4.08. The Labute approximate surface area is 107 Å². The van der Waals surface area contributed by atoms with Gasteiger partial charge in [-0.1, -0.05) is 0 Å². The molecule has 5 heteroatoms. The van der Waals surface area contributed by atoms with Crippen LogP contribution in [0.5, 0.6) is 0 Å². The minimum Gasteiger partial charge on any atom is -0.469 e. The van der Waals surface area contributed by atoms with Crippen molar-refractivity contribution >= 4 is 23.3 Å². The van der Waals surface area contributed by atoms with Crippen LogP contribution >= 0.6 is 0 Å². The number of benzene rings is 1. The Bertz CT molecular complexity index is 415. The highest BCUT2D eigenvalue weighted by Gasteiger charge is 2.08. The molecule has 1 amide bonds. The first kappa shape index (κ1) is 14.0. The highest BCUT2D eigenvalue weighted by atomic mass is 16.5. The zero-order valence-electron chi connectivity index (χ0n) is 10.8. The van der Waals surface area contributed by atoms with Gasteiger partial charge < -0.3 is 15.4 Å². The number of nitrogens with one attached hydrogen (secondary N) is 2. The fourth-order valence-corrected chi connectivity index (χ4v) is 1.52. The number of carbonyl (C=O) groups is 2. The molecule has 0 bridgehead atoms. The number of anilines is 2. The summed E-state index contributed by atoms with van der Waals surface area (Å²) in [6.45, 7) is 3.36. The number of ether oxygens (including phenoxy) is 1. The lowest BCUT2D eigenvalue weighted by molar-refractivity contribution is -0.140. The molecule has 0 fully saturated rings. The number of methoxy groups -OCH3 is 1. The lowest BCUT2D eigenvalue weighted by Gasteiger charge is -2.14. The van der Waals surface area contributed by atoms with E-state index in [1.54, 1.807) is 12.1 Å². The molecule has 5 nitrogen and oxygen atoms in total. The molecule has 1 rings (SSSR count). The van der Waals surface area contributed by atoms with Crippen LogP contribution < -0.4 is 10.6 Å². The van der Waals surface area contributed by atoms with Gasteiger partial charge in [-0.25, -0.2) is 0 Å². The normalized spacial score (nSPS) is 11.5. The molecule has 1 unspecified atom stereocenters. The van der Waals surface area contributed by atoms with Gasteiger partial charge in [-0.3, -0.25) is 9.59 Å². The molecule has 1 aromatic carbocycles. The van der Waals surface area contributed by atoms with Crippen molar-refractivity contribution in [1.29, 1.82) is 0 Å². The van der Waals surface area contributed by atoms with Crippen molar-refractivity contribution in [2.24, 2.45) is 0 Å². The van der Waals surface area contributed by atoms with E-state index in [1.165, 1.54) is 14.0 Å². The van der Waals surface area contributed by atoms with E-state index >= 15 is 0 Å². The summed E-state index contributed by atoms with van der Waals surface area (Å²) >= 11 is 0. The quantitative estimate of drug-likeness (QED) is 0.784. The average molecular weight is 250 g/mol. The van der Waals surface area contributed by atoms with E-state index in [9.17, 15) is 9.59 Å². The second kappa shape index (κ2) is 6.64. The van der Waals surface area contributed by atoms with Gasteiger partial charge in [0.2, 0.25) is 5.91 Å². The van der Waals surface area contributed by atoms with Gasteiger partial charge in [-0.2, -0.15) is 0 Å². The summed E-state index contributed by atoms with van der Waals surface area (Å²) in [5, 5.41) is 5.86. The summed E-state index contributed by atoms with van der Waals surface area (Å²) in [6.07, 6.45) is 0.309. The van der Waals surface area contributed by atoms with E-state index in [-0.39, 0.29) is 17.9 Å². The average Bonchev–Trinajstić information content (AvgIpc) is 2.30. The Kier molecular flexibility index (Phi) is 5.17. The molecular formula is C13H18N2O3. The summed E-state index contributed by atoms with van der Waals surface area (Å²) in [4.78, 5) is 21.9. The molecule has 0 aliphatic carbocycles. The molecule has 0 spiro atoms. The van der Waals surface area contributed by atoms with Crippen LogP contribution in [-0.2, 0) is 14.3 Å². The van der Waals surface area contributed by atoms with Gasteiger partial charge in [0.25, 0.3) is 0 Å². The lowest BCUT2D eigenvalue weighted by atomic mass is 10.2. The summed E-state index contributed by atoms with van der Waals surface area (Å²) < 4.78 is 4.60. The monoisotopic (exact) mass is 250 g/mol. The minimum atomic E-state index is -0.245. The molecule has 0 radical (unpaired) electrons. The molecule has 2 N–H and O–H groups in total. The van der Waals surface area contributed by atoms with Gasteiger partial charge in [-0.05, 0) is 31.2 Å². The van der Waals surface area contributed by atoms with Gasteiger partial charge in [0.05, 0.1) is 13.5 Å². The van der Waals surface area contributed by atoms with Gasteiger partial charge in [0.1, 0.15) is 0 Å². The van der Waals surface area contributed by atoms with Crippen molar-refractivity contribution in [3.05, 3.63) is 24.3 Å². The van der Waals surface area contributed by atoms with Crippen molar-refractivity contribution in [3.63, 3.8) is 0 Å². The summed E-state index contributed by atoms with van der Waals surface area (Å²) in [5.41, 5.74) is 1.63. The van der Waals surface area contributed by atoms with E-state index in [2.05, 4.69) is 15.4 Å². The third-order valence-corrected chi connectivity index (χ3v) is 2.32. The first-order valence-electron chi connectivity index (χ1n) is 5.72. The van der Waals surface area contributed by atoms with Crippen LogP contribution in [0.3, 0.4) is 0 Å². The molecule has 0 saturated carbocycles. The van der Waals surface area contributed by atoms with Crippen molar-refractivity contribution in [2.45, 2.75) is 26.3 Å². The van der Waals surface area contributed by atoms with Gasteiger partial charge in [0.15, 0.2) is 0 Å². The number of carbonyl (C=O) groups excluding carboxylic acids is 2. The van der Waals surface area contributed by atoms with E-state index in [0.717, 1.165) is 11.4 Å². The molecule has 1 atom stereocenters. The van der Waals surface area contributed by atoms with Crippen LogP contribution in [0.1, 0.15) is 20.3 Å². The molecule has 0 aliphatic heterocycles. The SMILES string of the molecule is COC(=O)CC(C)Nc1ccc(NC(C)=O)cc1. The Hall–Kier alpha value is -2.04. The second-order valence-corrected chi connectivity index (χ2v) is 4.08. The largest absolute Gasteiger partial charge is 0.469 e. The Morgan fingerprint density at radius 2 is 1.78 bits per heavy atom. The van der Waals surface area contributed by atoms with Crippen LogP contribution in [0.25, 0.3) is 0 Å². The highest BCUT2D eigenvalue weighted by Crippen LogP contribution is 2.15. The number of esters is 1. The maximum atomic E-state index is 11.1. The predicted molar refractivity (Wildman–Crippen MR) is 70.5 cm³/mol. The molecule has 0 aliphatic rings. The number of rotatable bonds is 5. The smallest absolute Gasteiger partial charge is 0.307 e. The first-order chi connectivity index (χ1) is 8.51. The summed E-state index contributed by atoms with van der Waals surface area (Å²) in [6, 6.07) is 7.28. The van der Waals surface area contributed by atoms with E-state index < -0.39 is 0 Å². The maximum absolute atomic E-state index is 11.1. The van der Waals surface area contributed by atoms with Crippen LogP contribution in [0.4, 0.5) is 11.4 Å². The number of amides is 1. The van der Waals surface area contributed by atoms with Gasteiger partial charge >= 0.3 is 5.97 Å². The van der Waals surface area contributed by atoms with E-state index in [0.29, 0.717) is 6.42 Å². The molecule has 1 aromatic rings. The first-order valence-corrected chi connectivity index (χ1v) is 5.72. The molecule has 0 saturated heterocycles. The van der Waals surface area contributed by atoms with Gasteiger partial charge in [-0.15, -0.1) is 0 Å². The van der Waals surface area contributed by atoms with Crippen molar-refractivity contribution in [2.75, 3.05) is 17.7 Å². The van der Waals surface area contributed by atoms with Gasteiger partial charge in [0, 0.05) is 24.3 Å². The number of hydrogen-bond acceptors (Lipinski definition) is 4. The molecule has 18 heavy (non-hydrogen) atoms. The van der Waals surface area contributed by atoms with E-state index in [4.69, 9.17) is 0 Å². The Morgan fingerprint density at radius 1 is 1.22 bits per heavy atom. The summed E-state index contributed by atoms with van der Waals surface area (Å²) in [5.74, 6) is -0.348. The number of hydrogen-bond donors (Lipinski definition) is 2. The molecule has 0 aromatic heterocycles. The fourth-order valence-electron chi connectivity index (χ4n) is 1.52. The van der Waals surface area contributed by atoms with Crippen molar-refractivity contribution in [3.8, 4) is 0 Å². The third kappa shape index (κ3) is 4.86. The van der Waals surface area contributed by atoms with Crippen LogP contribution in [0, 0.1) is 0 Å². The van der Waals surface area contributed by atoms with Crippen LogP contribution in [0.2, 0.25) is 0 Å². The van der Waals surface area contributed by atoms with Crippen LogP contribution in [-0.4, -0.2) is 25.0 Å². The predicted octanol–water partition coefficient (Wildman–Crippen LogP) is 2.01. The zero-order valence-corrected chi connectivity index (χ0v) is 10.8. The van der Waals surface area contributed by atoms with Crippen molar-refractivity contribution < 1.29 is 14.3 Å². The lowest BCUT2D eigenvalue weighted by Crippen LogP contribution is -2.20. The molecule has 0 heterocycles. The third-order valence-electron chi connectivity index (χ3n) is 2.32. The highest BCUT2D eigenvalue weighted by molar-refractivity contribution is 5.88. The molecular weight excluding hydrogens is 232 g/mol. The van der Waals surface area contributed by atoms with E-state index in [1.807, 2.05) is 19.1 Å². The standard InChI is InChI=1S/C13H18N2O3/c1-9(8-13(17)18-3)14-11-4-6-12(7-5-11)15-10(2)16/h4-7,9,14H,8H2,1-3H3,(H,15,16). The Balaban J connectivity index is 2.52. The topological polar surface area (TPSA) is 67.4 Å². The Morgan fingerprint density at radius 3 is 2.28 bits per heavy atom. The summed E-state index contributed by atoms with van der Waals surface area (Å²) in [7, 11) is 1.37. The van der Waals surface area contributed by atoms with Crippen molar-refractivity contribution in [1.82, 2.24) is 0 Å². The molecule has 98 valence electrons. The van der Waals surface area contributed by atoms with Crippen LogP contribution in [0.15, 0.2) is 24.3 Å². The maximum Gasteiger partial charge on any atom is 0.307 e. The minimum absolute atomic E-state index is 0.0101. The fraction of sp³-hybridized carbons (Fsp3) is 0.385. The zero-order chi connectivity index (χ0) is 13.5.